The first kappa shape index (κ1) is 20.8. The molecule has 29 heavy (non-hydrogen) atoms. The molecule has 0 saturated carbocycles. The summed E-state index contributed by atoms with van der Waals surface area (Å²) in [6, 6.07) is 13.8. The van der Waals surface area contributed by atoms with Crippen LogP contribution in [0.25, 0.3) is 11.4 Å². The molecule has 0 aliphatic rings. The van der Waals surface area contributed by atoms with Crippen LogP contribution in [0.5, 0.6) is 0 Å². The summed E-state index contributed by atoms with van der Waals surface area (Å²) in [6.45, 7) is 1.48. The lowest BCUT2D eigenvalue weighted by Crippen LogP contribution is -2.30. The minimum Gasteiger partial charge on any atom is -0.453 e. The highest BCUT2D eigenvalue weighted by atomic mass is 35.5. The zero-order valence-corrected chi connectivity index (χ0v) is 16.9. The molecule has 7 nitrogen and oxygen atoms in total. The topological polar surface area (TPSA) is 94.3 Å². The summed E-state index contributed by atoms with van der Waals surface area (Å²) >= 11 is 11.9. The Labute approximate surface area is 177 Å². The van der Waals surface area contributed by atoms with Crippen molar-refractivity contribution in [1.82, 2.24) is 10.1 Å². The van der Waals surface area contributed by atoms with Crippen LogP contribution in [0.4, 0.5) is 5.69 Å². The van der Waals surface area contributed by atoms with Gasteiger partial charge in [-0.05, 0) is 43.3 Å². The molecule has 3 rings (SSSR count). The summed E-state index contributed by atoms with van der Waals surface area (Å²) in [6.07, 6.45) is -0.796. The number of anilines is 1. The van der Waals surface area contributed by atoms with Crippen LogP contribution in [0.1, 0.15) is 19.2 Å². The first-order valence-corrected chi connectivity index (χ1v) is 9.51. The van der Waals surface area contributed by atoms with Gasteiger partial charge in [-0.1, -0.05) is 40.5 Å². The number of esters is 1. The van der Waals surface area contributed by atoms with E-state index in [1.165, 1.54) is 6.92 Å². The van der Waals surface area contributed by atoms with Crippen molar-refractivity contribution in [3.05, 3.63) is 64.5 Å². The Morgan fingerprint density at radius 2 is 1.86 bits per heavy atom. The lowest BCUT2D eigenvalue weighted by Gasteiger charge is -2.13. The molecule has 1 heterocycles. The zero-order valence-electron chi connectivity index (χ0n) is 15.4. The largest absolute Gasteiger partial charge is 0.453 e. The average Bonchev–Trinajstić information content (AvgIpc) is 3.17. The predicted molar refractivity (Wildman–Crippen MR) is 109 cm³/mol. The summed E-state index contributed by atoms with van der Waals surface area (Å²) in [5.74, 6) is -0.343. The first-order chi connectivity index (χ1) is 13.9. The smallest absolute Gasteiger partial charge is 0.307 e. The molecule has 1 N–H and O–H groups in total. The van der Waals surface area contributed by atoms with Crippen LogP contribution in [0.15, 0.2) is 53.1 Å². The van der Waals surface area contributed by atoms with E-state index in [-0.39, 0.29) is 12.8 Å². The van der Waals surface area contributed by atoms with Crippen LogP contribution >= 0.6 is 23.2 Å². The zero-order chi connectivity index (χ0) is 20.8. The van der Waals surface area contributed by atoms with Crippen LogP contribution < -0.4 is 5.32 Å². The van der Waals surface area contributed by atoms with Gasteiger partial charge in [-0.3, -0.25) is 9.59 Å². The summed E-state index contributed by atoms with van der Waals surface area (Å²) in [5.41, 5.74) is 1.19. The van der Waals surface area contributed by atoms with E-state index in [0.717, 1.165) is 5.56 Å². The Balaban J connectivity index is 1.49. The minimum absolute atomic E-state index is 0.00797. The number of nitrogens with one attached hydrogen (secondary N) is 1. The molecule has 0 spiro atoms. The molecular formula is C20H17Cl2N3O4. The fourth-order valence-electron chi connectivity index (χ4n) is 2.39. The number of hydrogen-bond acceptors (Lipinski definition) is 6. The maximum atomic E-state index is 12.2. The Bertz CT molecular complexity index is 1000. The van der Waals surface area contributed by atoms with Crippen LogP contribution in [-0.4, -0.2) is 28.1 Å². The summed E-state index contributed by atoms with van der Waals surface area (Å²) in [4.78, 5) is 28.4. The van der Waals surface area contributed by atoms with Crippen molar-refractivity contribution in [2.24, 2.45) is 0 Å². The number of aryl methyl sites for hydroxylation is 1. The van der Waals surface area contributed by atoms with Gasteiger partial charge in [-0.25, -0.2) is 0 Å². The van der Waals surface area contributed by atoms with Gasteiger partial charge in [-0.15, -0.1) is 0 Å². The molecule has 0 bridgehead atoms. The number of rotatable bonds is 7. The fourth-order valence-corrected chi connectivity index (χ4v) is 2.70. The second kappa shape index (κ2) is 9.54. The molecule has 0 saturated heterocycles. The second-order valence-corrected chi connectivity index (χ2v) is 6.96. The van der Waals surface area contributed by atoms with E-state index in [1.807, 2.05) is 0 Å². The van der Waals surface area contributed by atoms with Crippen LogP contribution in [0.3, 0.4) is 0 Å². The molecule has 1 atom stereocenters. The molecule has 0 fully saturated rings. The maximum Gasteiger partial charge on any atom is 0.307 e. The van der Waals surface area contributed by atoms with E-state index in [1.54, 1.807) is 48.5 Å². The van der Waals surface area contributed by atoms with Crippen molar-refractivity contribution in [3.8, 4) is 11.4 Å². The number of ether oxygens (including phenoxy) is 1. The number of aromatic nitrogens is 2. The van der Waals surface area contributed by atoms with Gasteiger partial charge in [0.25, 0.3) is 5.91 Å². The lowest BCUT2D eigenvalue weighted by molar-refractivity contribution is -0.153. The number of nitrogens with zero attached hydrogens (tertiary/aromatic N) is 2. The molecule has 1 unspecified atom stereocenters. The molecule has 2 aromatic carbocycles. The SMILES string of the molecule is CC(OC(=O)CCc1nc(-c2ccc(Cl)cc2)no1)C(=O)Nc1ccccc1Cl. The molecule has 0 aliphatic heterocycles. The van der Waals surface area contributed by atoms with Crippen LogP contribution in [0, 0.1) is 0 Å². The molecular weight excluding hydrogens is 417 g/mol. The maximum absolute atomic E-state index is 12.2. The standard InChI is InChI=1S/C20H17Cl2N3O4/c1-12(20(27)23-16-5-3-2-4-15(16)22)28-18(26)11-10-17-24-19(25-29-17)13-6-8-14(21)9-7-13/h2-9,12H,10-11H2,1H3,(H,23,27). The number of halogens is 2. The second-order valence-electron chi connectivity index (χ2n) is 6.12. The fraction of sp³-hybridized carbons (Fsp3) is 0.200. The van der Waals surface area contributed by atoms with Crippen molar-refractivity contribution in [2.75, 3.05) is 5.32 Å². The Kier molecular flexibility index (Phi) is 6.85. The number of benzene rings is 2. The van der Waals surface area contributed by atoms with Crippen molar-refractivity contribution in [2.45, 2.75) is 25.9 Å². The average molecular weight is 434 g/mol. The van der Waals surface area contributed by atoms with Gasteiger partial charge >= 0.3 is 5.97 Å². The van der Waals surface area contributed by atoms with E-state index in [4.69, 9.17) is 32.5 Å². The molecule has 3 aromatic rings. The van der Waals surface area contributed by atoms with Gasteiger partial charge in [0.05, 0.1) is 17.1 Å². The molecule has 1 aromatic heterocycles. The minimum atomic E-state index is -0.980. The highest BCUT2D eigenvalue weighted by Gasteiger charge is 2.19. The van der Waals surface area contributed by atoms with E-state index in [2.05, 4.69) is 15.5 Å². The molecule has 9 heteroatoms. The Morgan fingerprint density at radius 3 is 2.59 bits per heavy atom. The van der Waals surface area contributed by atoms with Crippen molar-refractivity contribution >= 4 is 40.8 Å². The van der Waals surface area contributed by atoms with Gasteiger partial charge in [0.2, 0.25) is 11.7 Å². The van der Waals surface area contributed by atoms with E-state index >= 15 is 0 Å². The number of carbonyl (C=O) groups is 2. The molecule has 1 amide bonds. The Hall–Kier alpha value is -2.90. The molecule has 0 radical (unpaired) electrons. The first-order valence-electron chi connectivity index (χ1n) is 8.76. The lowest BCUT2D eigenvalue weighted by atomic mass is 10.2. The van der Waals surface area contributed by atoms with Gasteiger partial charge in [0.15, 0.2) is 6.10 Å². The number of para-hydroxylation sites is 1. The molecule has 150 valence electrons. The van der Waals surface area contributed by atoms with Crippen LogP contribution in [0.2, 0.25) is 10.0 Å². The summed E-state index contributed by atoms with van der Waals surface area (Å²) in [7, 11) is 0. The Morgan fingerprint density at radius 1 is 1.14 bits per heavy atom. The highest BCUT2D eigenvalue weighted by Crippen LogP contribution is 2.21. The molecule has 0 aliphatic carbocycles. The van der Waals surface area contributed by atoms with E-state index in [0.29, 0.717) is 27.4 Å². The van der Waals surface area contributed by atoms with Gasteiger partial charge in [0.1, 0.15) is 0 Å². The number of hydrogen-bond donors (Lipinski definition) is 1. The third-order valence-electron chi connectivity index (χ3n) is 3.92. The number of amides is 1. The number of carbonyl (C=O) groups excluding carboxylic acids is 2. The van der Waals surface area contributed by atoms with Crippen molar-refractivity contribution in [1.29, 1.82) is 0 Å². The summed E-state index contributed by atoms with van der Waals surface area (Å²) in [5, 5.41) is 7.50. The van der Waals surface area contributed by atoms with Gasteiger partial charge < -0.3 is 14.6 Å². The third kappa shape index (κ3) is 5.79. The highest BCUT2D eigenvalue weighted by molar-refractivity contribution is 6.33. The van der Waals surface area contributed by atoms with Gasteiger partial charge in [-0.2, -0.15) is 4.98 Å². The van der Waals surface area contributed by atoms with Crippen molar-refractivity contribution < 1.29 is 18.8 Å². The van der Waals surface area contributed by atoms with Crippen molar-refractivity contribution in [3.63, 3.8) is 0 Å². The summed E-state index contributed by atoms with van der Waals surface area (Å²) < 4.78 is 10.3. The van der Waals surface area contributed by atoms with E-state index < -0.39 is 18.0 Å². The normalized spacial score (nSPS) is 11.7. The van der Waals surface area contributed by atoms with Crippen LogP contribution in [-0.2, 0) is 20.7 Å². The van der Waals surface area contributed by atoms with Gasteiger partial charge in [0, 0.05) is 17.0 Å². The monoisotopic (exact) mass is 433 g/mol. The quantitative estimate of drug-likeness (QED) is 0.549. The third-order valence-corrected chi connectivity index (χ3v) is 4.50. The van der Waals surface area contributed by atoms with E-state index in [9.17, 15) is 9.59 Å². The predicted octanol–water partition coefficient (Wildman–Crippen LogP) is 4.55.